The van der Waals surface area contributed by atoms with E-state index in [1.54, 1.807) is 14.1 Å². The number of ether oxygens (including phenoxy) is 1. The van der Waals surface area contributed by atoms with Crippen molar-refractivity contribution in [1.29, 1.82) is 0 Å². The SMILES string of the molecule is CC(=O)N(C)CC(=O)N(C)CC1(O)CCOCC1. The molecule has 18 heavy (non-hydrogen) atoms. The summed E-state index contributed by atoms with van der Waals surface area (Å²) in [6.45, 7) is 2.77. The van der Waals surface area contributed by atoms with Crippen LogP contribution in [0.5, 0.6) is 0 Å². The number of hydrogen-bond donors (Lipinski definition) is 1. The average molecular weight is 258 g/mol. The van der Waals surface area contributed by atoms with E-state index in [1.807, 2.05) is 0 Å². The van der Waals surface area contributed by atoms with E-state index in [-0.39, 0.29) is 24.9 Å². The van der Waals surface area contributed by atoms with E-state index in [1.165, 1.54) is 16.7 Å². The topological polar surface area (TPSA) is 70.1 Å². The lowest BCUT2D eigenvalue weighted by Crippen LogP contribution is -2.49. The van der Waals surface area contributed by atoms with Gasteiger partial charge in [-0.3, -0.25) is 9.59 Å². The molecule has 0 radical (unpaired) electrons. The van der Waals surface area contributed by atoms with Gasteiger partial charge in [-0.15, -0.1) is 0 Å². The van der Waals surface area contributed by atoms with Gasteiger partial charge in [0.1, 0.15) is 0 Å². The van der Waals surface area contributed by atoms with Crippen LogP contribution >= 0.6 is 0 Å². The number of amides is 2. The van der Waals surface area contributed by atoms with Crippen LogP contribution in [-0.4, -0.2) is 72.7 Å². The molecule has 0 atom stereocenters. The van der Waals surface area contributed by atoms with Crippen molar-refractivity contribution in [3.63, 3.8) is 0 Å². The maximum atomic E-state index is 11.9. The quantitative estimate of drug-likeness (QED) is 0.735. The van der Waals surface area contributed by atoms with Crippen LogP contribution < -0.4 is 0 Å². The van der Waals surface area contributed by atoms with Crippen molar-refractivity contribution in [2.24, 2.45) is 0 Å². The number of rotatable bonds is 4. The Hall–Kier alpha value is -1.14. The van der Waals surface area contributed by atoms with Gasteiger partial charge in [0.2, 0.25) is 11.8 Å². The molecule has 0 saturated carbocycles. The van der Waals surface area contributed by atoms with Gasteiger partial charge in [-0.1, -0.05) is 0 Å². The molecule has 1 aliphatic rings. The Morgan fingerprint density at radius 3 is 2.28 bits per heavy atom. The van der Waals surface area contributed by atoms with Crippen molar-refractivity contribution in [3.05, 3.63) is 0 Å². The third-order valence-electron chi connectivity index (χ3n) is 3.29. The molecule has 6 nitrogen and oxygen atoms in total. The Kier molecular flexibility index (Phi) is 5.10. The molecule has 0 aromatic rings. The maximum Gasteiger partial charge on any atom is 0.242 e. The summed E-state index contributed by atoms with van der Waals surface area (Å²) in [7, 11) is 3.22. The summed E-state index contributed by atoms with van der Waals surface area (Å²) in [5, 5.41) is 10.3. The zero-order valence-corrected chi connectivity index (χ0v) is 11.3. The minimum absolute atomic E-state index is 0.0401. The number of likely N-dealkylation sites (N-methyl/N-ethyl adjacent to an activating group) is 2. The fourth-order valence-electron chi connectivity index (χ4n) is 1.87. The Bertz CT molecular complexity index is 313. The molecule has 0 bridgehead atoms. The summed E-state index contributed by atoms with van der Waals surface area (Å²) in [5.41, 5.74) is -0.864. The van der Waals surface area contributed by atoms with E-state index in [2.05, 4.69) is 0 Å². The van der Waals surface area contributed by atoms with Crippen LogP contribution in [0.3, 0.4) is 0 Å². The van der Waals surface area contributed by atoms with Gasteiger partial charge in [0, 0.05) is 53.6 Å². The van der Waals surface area contributed by atoms with Crippen molar-refractivity contribution in [1.82, 2.24) is 9.80 Å². The van der Waals surface area contributed by atoms with Crippen LogP contribution in [0.1, 0.15) is 19.8 Å². The molecule has 0 unspecified atom stereocenters. The van der Waals surface area contributed by atoms with Gasteiger partial charge in [-0.2, -0.15) is 0 Å². The van der Waals surface area contributed by atoms with Gasteiger partial charge >= 0.3 is 0 Å². The van der Waals surface area contributed by atoms with Crippen molar-refractivity contribution in [3.8, 4) is 0 Å². The van der Waals surface area contributed by atoms with Gasteiger partial charge in [0.05, 0.1) is 12.1 Å². The Morgan fingerprint density at radius 2 is 1.78 bits per heavy atom. The third-order valence-corrected chi connectivity index (χ3v) is 3.29. The van der Waals surface area contributed by atoms with Gasteiger partial charge < -0.3 is 19.6 Å². The molecule has 1 N–H and O–H groups in total. The molecule has 0 spiro atoms. The summed E-state index contributed by atoms with van der Waals surface area (Å²) >= 11 is 0. The molecule has 1 rings (SSSR count). The highest BCUT2D eigenvalue weighted by atomic mass is 16.5. The van der Waals surface area contributed by atoms with Crippen LogP contribution in [0.15, 0.2) is 0 Å². The lowest BCUT2D eigenvalue weighted by Gasteiger charge is -2.35. The highest BCUT2D eigenvalue weighted by molar-refractivity contribution is 5.83. The molecule has 0 aromatic carbocycles. The Morgan fingerprint density at radius 1 is 1.22 bits per heavy atom. The fourth-order valence-corrected chi connectivity index (χ4v) is 1.87. The summed E-state index contributed by atoms with van der Waals surface area (Å²) in [5.74, 6) is -0.325. The monoisotopic (exact) mass is 258 g/mol. The zero-order valence-electron chi connectivity index (χ0n) is 11.3. The highest BCUT2D eigenvalue weighted by Crippen LogP contribution is 2.21. The zero-order chi connectivity index (χ0) is 13.8. The molecule has 1 saturated heterocycles. The Labute approximate surface area is 107 Å². The maximum absolute atomic E-state index is 11.9. The second-order valence-electron chi connectivity index (χ2n) is 4.96. The summed E-state index contributed by atoms with van der Waals surface area (Å²) in [4.78, 5) is 25.7. The number of nitrogens with zero attached hydrogens (tertiary/aromatic N) is 2. The standard InChI is InChI=1S/C12H22N2O4/c1-10(15)13(2)8-11(16)14(3)9-12(17)4-6-18-7-5-12/h17H,4-9H2,1-3H3. The number of hydrogen-bond acceptors (Lipinski definition) is 4. The number of carbonyl (C=O) groups is 2. The van der Waals surface area contributed by atoms with E-state index in [0.717, 1.165) is 0 Å². The minimum atomic E-state index is -0.864. The lowest BCUT2D eigenvalue weighted by molar-refractivity contribution is -0.141. The van der Waals surface area contributed by atoms with Gasteiger partial charge in [-0.05, 0) is 0 Å². The normalized spacial score (nSPS) is 18.2. The first-order valence-electron chi connectivity index (χ1n) is 6.10. The lowest BCUT2D eigenvalue weighted by atomic mass is 9.94. The van der Waals surface area contributed by atoms with E-state index < -0.39 is 5.60 Å². The van der Waals surface area contributed by atoms with Gasteiger partial charge in [0.15, 0.2) is 0 Å². The van der Waals surface area contributed by atoms with E-state index in [9.17, 15) is 14.7 Å². The second kappa shape index (κ2) is 6.15. The Balaban J connectivity index is 2.46. The predicted molar refractivity (Wildman–Crippen MR) is 66.0 cm³/mol. The molecule has 0 aliphatic carbocycles. The van der Waals surface area contributed by atoms with E-state index in [0.29, 0.717) is 26.1 Å². The first kappa shape index (κ1) is 14.9. The summed E-state index contributed by atoms with van der Waals surface area (Å²) < 4.78 is 5.19. The van der Waals surface area contributed by atoms with Crippen LogP contribution in [0.2, 0.25) is 0 Å². The molecule has 1 fully saturated rings. The van der Waals surface area contributed by atoms with Crippen LogP contribution in [0.25, 0.3) is 0 Å². The molecule has 0 aromatic heterocycles. The molecule has 2 amide bonds. The van der Waals surface area contributed by atoms with E-state index in [4.69, 9.17) is 4.74 Å². The minimum Gasteiger partial charge on any atom is -0.388 e. The molecular formula is C12H22N2O4. The van der Waals surface area contributed by atoms with Crippen molar-refractivity contribution >= 4 is 11.8 Å². The summed E-state index contributed by atoms with van der Waals surface area (Å²) in [6, 6.07) is 0. The molecule has 6 heteroatoms. The fraction of sp³-hybridized carbons (Fsp3) is 0.833. The summed E-state index contributed by atoms with van der Waals surface area (Å²) in [6.07, 6.45) is 1.07. The van der Waals surface area contributed by atoms with Crippen LogP contribution in [-0.2, 0) is 14.3 Å². The van der Waals surface area contributed by atoms with Crippen molar-refractivity contribution < 1.29 is 19.4 Å². The highest BCUT2D eigenvalue weighted by Gasteiger charge is 2.32. The number of carbonyl (C=O) groups excluding carboxylic acids is 2. The third kappa shape index (κ3) is 4.27. The van der Waals surface area contributed by atoms with Gasteiger partial charge in [0.25, 0.3) is 0 Å². The number of aliphatic hydroxyl groups is 1. The molecular weight excluding hydrogens is 236 g/mol. The molecule has 104 valence electrons. The average Bonchev–Trinajstić information content (AvgIpc) is 2.28. The first-order valence-corrected chi connectivity index (χ1v) is 6.10. The largest absolute Gasteiger partial charge is 0.388 e. The predicted octanol–water partition coefficient (Wildman–Crippen LogP) is -0.535. The van der Waals surface area contributed by atoms with Crippen LogP contribution in [0.4, 0.5) is 0 Å². The van der Waals surface area contributed by atoms with Crippen molar-refractivity contribution in [2.75, 3.05) is 40.4 Å². The molecule has 1 heterocycles. The van der Waals surface area contributed by atoms with Crippen LogP contribution in [0, 0.1) is 0 Å². The van der Waals surface area contributed by atoms with Crippen molar-refractivity contribution in [2.45, 2.75) is 25.4 Å². The first-order chi connectivity index (χ1) is 8.34. The second-order valence-corrected chi connectivity index (χ2v) is 4.96. The smallest absolute Gasteiger partial charge is 0.242 e. The van der Waals surface area contributed by atoms with E-state index >= 15 is 0 Å². The molecule has 1 aliphatic heterocycles. The van der Waals surface area contributed by atoms with Gasteiger partial charge in [-0.25, -0.2) is 0 Å².